The molecule has 3 aromatic heterocycles. The van der Waals surface area contributed by atoms with Crippen LogP contribution in [0.3, 0.4) is 0 Å². The van der Waals surface area contributed by atoms with Gasteiger partial charge in [0.15, 0.2) is 0 Å². The van der Waals surface area contributed by atoms with Gasteiger partial charge in [-0.1, -0.05) is 6.07 Å². The zero-order valence-corrected chi connectivity index (χ0v) is 16.0. The minimum absolute atomic E-state index is 0.559. The van der Waals surface area contributed by atoms with Crippen molar-refractivity contribution in [2.24, 2.45) is 5.41 Å². The fraction of sp³-hybridized carbons (Fsp3) is 0.500. The number of piperidine rings is 1. The van der Waals surface area contributed by atoms with Crippen molar-refractivity contribution in [3.63, 3.8) is 0 Å². The highest BCUT2D eigenvalue weighted by molar-refractivity contribution is 7.09. The first-order chi connectivity index (χ1) is 12.7. The molecule has 0 unspecified atom stereocenters. The molecule has 4 heterocycles. The second-order valence-electron chi connectivity index (χ2n) is 7.90. The van der Waals surface area contributed by atoms with Crippen LogP contribution >= 0.6 is 11.3 Å². The van der Waals surface area contributed by atoms with Gasteiger partial charge in [0.2, 0.25) is 0 Å². The van der Waals surface area contributed by atoms with Crippen LogP contribution in [0.1, 0.15) is 29.8 Å². The second-order valence-corrected chi connectivity index (χ2v) is 8.88. The largest absolute Gasteiger partial charge is 0.299 e. The quantitative estimate of drug-likeness (QED) is 0.693. The van der Waals surface area contributed by atoms with Crippen LogP contribution in [-0.4, -0.2) is 50.6 Å². The Labute approximate surface area is 158 Å². The Morgan fingerprint density at radius 2 is 2.19 bits per heavy atom. The highest BCUT2D eigenvalue weighted by atomic mass is 32.1. The summed E-state index contributed by atoms with van der Waals surface area (Å²) in [5.74, 6) is 0. The molecule has 0 bridgehead atoms. The predicted octanol–water partition coefficient (Wildman–Crippen LogP) is 3.28. The summed E-state index contributed by atoms with van der Waals surface area (Å²) in [6, 6.07) is 7.03. The van der Waals surface area contributed by atoms with Crippen molar-refractivity contribution < 1.29 is 0 Å². The van der Waals surface area contributed by atoms with E-state index in [4.69, 9.17) is 0 Å². The van der Waals surface area contributed by atoms with E-state index in [1.54, 1.807) is 11.3 Å². The van der Waals surface area contributed by atoms with E-state index in [1.165, 1.54) is 48.4 Å². The average Bonchev–Trinajstić information content (AvgIpc) is 3.00. The Morgan fingerprint density at radius 1 is 1.31 bits per heavy atom. The number of hydrogen-bond donors (Lipinski definition) is 0. The van der Waals surface area contributed by atoms with Crippen molar-refractivity contribution in [3.8, 4) is 0 Å². The van der Waals surface area contributed by atoms with E-state index in [2.05, 4.69) is 44.4 Å². The number of rotatable bonds is 5. The second kappa shape index (κ2) is 6.44. The van der Waals surface area contributed by atoms with Crippen molar-refractivity contribution in [2.45, 2.75) is 38.4 Å². The number of pyridine rings is 1. The van der Waals surface area contributed by atoms with E-state index in [9.17, 15) is 0 Å². The van der Waals surface area contributed by atoms with Crippen LogP contribution in [0.25, 0.3) is 5.52 Å². The molecule has 6 heteroatoms. The molecule has 1 aliphatic carbocycles. The van der Waals surface area contributed by atoms with Gasteiger partial charge in [0.1, 0.15) is 5.01 Å². The summed E-state index contributed by atoms with van der Waals surface area (Å²) < 4.78 is 1.98. The minimum atomic E-state index is 0.559. The molecule has 136 valence electrons. The molecule has 1 atom stereocenters. The first kappa shape index (κ1) is 16.4. The van der Waals surface area contributed by atoms with Crippen LogP contribution < -0.4 is 0 Å². The molecule has 2 fully saturated rings. The summed E-state index contributed by atoms with van der Waals surface area (Å²) in [6.45, 7) is 4.41. The Kier molecular flexibility index (Phi) is 4.07. The lowest BCUT2D eigenvalue weighted by Gasteiger charge is -2.34. The van der Waals surface area contributed by atoms with Gasteiger partial charge >= 0.3 is 0 Å². The molecule has 0 aromatic carbocycles. The smallest absolute Gasteiger partial charge is 0.107 e. The molecule has 1 spiro atoms. The number of hydrogen-bond acceptors (Lipinski definition) is 5. The first-order valence-corrected chi connectivity index (χ1v) is 10.3. The van der Waals surface area contributed by atoms with Gasteiger partial charge < -0.3 is 0 Å². The van der Waals surface area contributed by atoms with Crippen LogP contribution in [0.2, 0.25) is 0 Å². The van der Waals surface area contributed by atoms with Crippen molar-refractivity contribution >= 4 is 16.9 Å². The lowest BCUT2D eigenvalue weighted by Crippen LogP contribution is -2.37. The zero-order chi connectivity index (χ0) is 17.6. The molecule has 0 amide bonds. The number of aromatic nitrogens is 3. The zero-order valence-electron chi connectivity index (χ0n) is 15.2. The molecule has 1 saturated carbocycles. The summed E-state index contributed by atoms with van der Waals surface area (Å²) in [5, 5.41) is 7.78. The fourth-order valence-electron chi connectivity index (χ4n) is 4.65. The monoisotopic (exact) mass is 367 g/mol. The van der Waals surface area contributed by atoms with Gasteiger partial charge in [-0.15, -0.1) is 11.3 Å². The minimum Gasteiger partial charge on any atom is -0.299 e. The number of likely N-dealkylation sites (tertiary alicyclic amines) is 1. The Hall–Kier alpha value is -1.76. The van der Waals surface area contributed by atoms with E-state index < -0.39 is 0 Å². The topological polar surface area (TPSA) is 36.7 Å². The molecule has 2 aliphatic rings. The molecule has 0 radical (unpaired) electrons. The summed E-state index contributed by atoms with van der Waals surface area (Å²) in [5.41, 5.74) is 3.14. The summed E-state index contributed by atoms with van der Waals surface area (Å²) in [4.78, 5) is 9.57. The predicted molar refractivity (Wildman–Crippen MR) is 104 cm³/mol. The first-order valence-electron chi connectivity index (χ1n) is 9.46. The van der Waals surface area contributed by atoms with Crippen molar-refractivity contribution in [1.82, 2.24) is 24.4 Å². The lowest BCUT2D eigenvalue weighted by atomic mass is 9.92. The van der Waals surface area contributed by atoms with E-state index in [0.717, 1.165) is 19.1 Å². The van der Waals surface area contributed by atoms with E-state index >= 15 is 0 Å². The molecule has 0 N–H and O–H groups in total. The van der Waals surface area contributed by atoms with Crippen molar-refractivity contribution in [3.05, 3.63) is 52.7 Å². The maximum absolute atomic E-state index is 4.47. The van der Waals surface area contributed by atoms with Crippen LogP contribution in [0.5, 0.6) is 0 Å². The summed E-state index contributed by atoms with van der Waals surface area (Å²) >= 11 is 1.77. The maximum atomic E-state index is 4.47. The van der Waals surface area contributed by atoms with Gasteiger partial charge in [0.25, 0.3) is 0 Å². The molecule has 3 aromatic rings. The van der Waals surface area contributed by atoms with Crippen LogP contribution in [0.4, 0.5) is 0 Å². The van der Waals surface area contributed by atoms with Gasteiger partial charge in [-0.3, -0.25) is 9.80 Å². The molecule has 26 heavy (non-hydrogen) atoms. The third kappa shape index (κ3) is 2.96. The Morgan fingerprint density at radius 3 is 3.00 bits per heavy atom. The summed E-state index contributed by atoms with van der Waals surface area (Å²) in [7, 11) is 2.27. The van der Waals surface area contributed by atoms with Gasteiger partial charge in [-0.2, -0.15) is 5.10 Å². The normalized spacial score (nSPS) is 22.5. The standard InChI is InChI=1S/C20H25N5S/c1-23(15-19-21-7-11-26-19)18-12-20(18)5-9-24(10-6-20)14-16-13-22-25-8-3-2-4-17(16)25/h2-4,7-8,11,13,18H,5-6,9-10,12,14-15H2,1H3/t18-/m0/s1. The Bertz CT molecular complexity index is 879. The highest BCUT2D eigenvalue weighted by Gasteiger charge is 2.56. The number of nitrogens with zero attached hydrogens (tertiary/aromatic N) is 5. The molecule has 1 aliphatic heterocycles. The van der Waals surface area contributed by atoms with Crippen molar-refractivity contribution in [2.75, 3.05) is 20.1 Å². The molecule has 5 nitrogen and oxygen atoms in total. The van der Waals surface area contributed by atoms with E-state index in [-0.39, 0.29) is 0 Å². The van der Waals surface area contributed by atoms with Gasteiger partial charge in [0, 0.05) is 35.9 Å². The fourth-order valence-corrected chi connectivity index (χ4v) is 5.33. The molecule has 1 saturated heterocycles. The average molecular weight is 368 g/mol. The van der Waals surface area contributed by atoms with Gasteiger partial charge in [-0.25, -0.2) is 9.50 Å². The lowest BCUT2D eigenvalue weighted by molar-refractivity contribution is 0.140. The third-order valence-corrected chi connectivity index (χ3v) is 7.06. The van der Waals surface area contributed by atoms with Crippen LogP contribution in [-0.2, 0) is 13.1 Å². The van der Waals surface area contributed by atoms with Gasteiger partial charge in [0.05, 0.1) is 18.3 Å². The highest BCUT2D eigenvalue weighted by Crippen LogP contribution is 2.56. The number of fused-ring (bicyclic) bond motifs is 1. The van der Waals surface area contributed by atoms with Crippen LogP contribution in [0.15, 0.2) is 42.2 Å². The molecule has 5 rings (SSSR count). The third-order valence-electron chi connectivity index (χ3n) is 6.30. The van der Waals surface area contributed by atoms with E-state index in [0.29, 0.717) is 5.41 Å². The van der Waals surface area contributed by atoms with Crippen molar-refractivity contribution in [1.29, 1.82) is 0 Å². The van der Waals surface area contributed by atoms with Crippen LogP contribution in [0, 0.1) is 5.41 Å². The van der Waals surface area contributed by atoms with Gasteiger partial charge in [-0.05, 0) is 56.9 Å². The SMILES string of the molecule is CN(Cc1nccs1)[C@H]1CC12CCN(Cc1cnn3ccccc13)CC2. The van der Waals surface area contributed by atoms with E-state index in [1.807, 2.05) is 29.2 Å². The Balaban J connectivity index is 1.18. The molecular formula is C20H25N5S. The maximum Gasteiger partial charge on any atom is 0.107 e. The number of thiazole rings is 1. The molecular weight excluding hydrogens is 342 g/mol. The summed E-state index contributed by atoms with van der Waals surface area (Å²) in [6.07, 6.45) is 9.96.